The molecule has 0 unspecified atom stereocenters. The Balaban J connectivity index is 1.70. The second kappa shape index (κ2) is 6.49. The van der Waals surface area contributed by atoms with Crippen LogP contribution in [0.3, 0.4) is 0 Å². The van der Waals surface area contributed by atoms with Crippen LogP contribution in [-0.2, 0) is 23.7 Å². The van der Waals surface area contributed by atoms with Crippen LogP contribution in [-0.4, -0.2) is 69.1 Å². The molecule has 0 aromatic heterocycles. The highest BCUT2D eigenvalue weighted by Crippen LogP contribution is 2.56. The first kappa shape index (κ1) is 19.8. The molecule has 26 heavy (non-hydrogen) atoms. The minimum absolute atomic E-state index is 0.225. The lowest BCUT2D eigenvalue weighted by Gasteiger charge is -2.50. The molecular formula is C18H30O6S2. The molecule has 0 aliphatic carbocycles. The summed E-state index contributed by atoms with van der Waals surface area (Å²) in [6.07, 6.45) is 0.0385. The molecule has 0 aromatic rings. The van der Waals surface area contributed by atoms with Gasteiger partial charge in [-0.15, -0.1) is 23.5 Å². The van der Waals surface area contributed by atoms with Gasteiger partial charge in [0.2, 0.25) is 5.79 Å². The van der Waals surface area contributed by atoms with Gasteiger partial charge in [-0.25, -0.2) is 0 Å². The van der Waals surface area contributed by atoms with Gasteiger partial charge >= 0.3 is 0 Å². The number of hydrogen-bond donors (Lipinski definition) is 1. The van der Waals surface area contributed by atoms with Gasteiger partial charge in [0.25, 0.3) is 0 Å². The Morgan fingerprint density at radius 2 is 1.73 bits per heavy atom. The third-order valence-electron chi connectivity index (χ3n) is 5.48. The molecule has 1 N–H and O–H groups in total. The van der Waals surface area contributed by atoms with Crippen LogP contribution in [0.2, 0.25) is 0 Å². The number of hydrogen-bond acceptors (Lipinski definition) is 8. The van der Waals surface area contributed by atoms with Gasteiger partial charge in [0.15, 0.2) is 11.6 Å². The van der Waals surface area contributed by atoms with Crippen molar-refractivity contribution in [1.82, 2.24) is 0 Å². The predicted molar refractivity (Wildman–Crippen MR) is 101 cm³/mol. The second-order valence-electron chi connectivity index (χ2n) is 8.33. The molecule has 4 aliphatic rings. The zero-order chi connectivity index (χ0) is 18.8. The number of ether oxygens (including phenoxy) is 5. The molecule has 0 aromatic carbocycles. The summed E-state index contributed by atoms with van der Waals surface area (Å²) in [6, 6.07) is 0. The van der Waals surface area contributed by atoms with Crippen LogP contribution >= 0.6 is 23.5 Å². The summed E-state index contributed by atoms with van der Waals surface area (Å²) in [6.45, 7) is 9.94. The quantitative estimate of drug-likeness (QED) is 0.767. The summed E-state index contributed by atoms with van der Waals surface area (Å²) in [5, 5.41) is 11.6. The molecule has 0 radical (unpaired) electrons. The maximum absolute atomic E-state index is 11.6. The maximum Gasteiger partial charge on any atom is 0.229 e. The molecule has 150 valence electrons. The zero-order valence-electron chi connectivity index (χ0n) is 16.1. The van der Waals surface area contributed by atoms with E-state index in [1.807, 2.05) is 27.7 Å². The van der Waals surface area contributed by atoms with Gasteiger partial charge in [-0.3, -0.25) is 0 Å². The van der Waals surface area contributed by atoms with Crippen molar-refractivity contribution in [3.05, 3.63) is 0 Å². The van der Waals surface area contributed by atoms with Crippen molar-refractivity contribution in [2.75, 3.05) is 18.1 Å². The molecule has 8 heteroatoms. The lowest BCUT2D eigenvalue weighted by Crippen LogP contribution is -2.67. The molecule has 4 saturated heterocycles. The van der Waals surface area contributed by atoms with Crippen LogP contribution in [0.5, 0.6) is 0 Å². The molecule has 0 saturated carbocycles. The number of thioether (sulfide) groups is 2. The van der Waals surface area contributed by atoms with Crippen LogP contribution in [0.25, 0.3) is 0 Å². The first-order valence-corrected chi connectivity index (χ1v) is 11.4. The van der Waals surface area contributed by atoms with Crippen molar-refractivity contribution in [1.29, 1.82) is 0 Å². The Morgan fingerprint density at radius 3 is 2.38 bits per heavy atom. The molecule has 4 aliphatic heterocycles. The monoisotopic (exact) mass is 406 g/mol. The highest BCUT2D eigenvalue weighted by Gasteiger charge is 2.70. The van der Waals surface area contributed by atoms with Crippen molar-refractivity contribution in [2.45, 2.75) is 93.3 Å². The van der Waals surface area contributed by atoms with E-state index in [1.165, 1.54) is 0 Å². The zero-order valence-corrected chi connectivity index (χ0v) is 17.8. The summed E-state index contributed by atoms with van der Waals surface area (Å²) >= 11 is 3.61. The maximum atomic E-state index is 11.6. The predicted octanol–water partition coefficient (Wildman–Crippen LogP) is 2.72. The highest BCUT2D eigenvalue weighted by molar-refractivity contribution is 8.18. The molecule has 4 fully saturated rings. The summed E-state index contributed by atoms with van der Waals surface area (Å²) in [5.74, 6) is -0.757. The fourth-order valence-corrected chi connectivity index (χ4v) is 7.80. The van der Waals surface area contributed by atoms with Gasteiger partial charge in [0.1, 0.15) is 24.4 Å². The van der Waals surface area contributed by atoms with E-state index in [4.69, 9.17) is 23.7 Å². The third kappa shape index (κ3) is 3.05. The van der Waals surface area contributed by atoms with E-state index >= 15 is 0 Å². The van der Waals surface area contributed by atoms with Crippen LogP contribution in [0.1, 0.15) is 47.5 Å². The summed E-state index contributed by atoms with van der Waals surface area (Å²) in [5.41, 5.74) is 0. The van der Waals surface area contributed by atoms with Crippen molar-refractivity contribution >= 4 is 23.5 Å². The van der Waals surface area contributed by atoms with E-state index in [9.17, 15) is 5.11 Å². The van der Waals surface area contributed by atoms with E-state index in [0.717, 1.165) is 24.3 Å². The third-order valence-corrected chi connectivity index (χ3v) is 9.17. The second-order valence-corrected chi connectivity index (χ2v) is 11.4. The fraction of sp³-hybridized carbons (Fsp3) is 1.00. The average Bonchev–Trinajstić information content (AvgIpc) is 3.06. The molecule has 6 nitrogen and oxygen atoms in total. The van der Waals surface area contributed by atoms with Gasteiger partial charge in [-0.05, 0) is 52.0 Å². The van der Waals surface area contributed by atoms with E-state index in [-0.39, 0.29) is 16.3 Å². The van der Waals surface area contributed by atoms with E-state index < -0.39 is 29.6 Å². The fourth-order valence-electron chi connectivity index (χ4n) is 4.47. The van der Waals surface area contributed by atoms with Crippen molar-refractivity contribution in [3.63, 3.8) is 0 Å². The molecule has 4 rings (SSSR count). The Labute approximate surface area is 164 Å². The molecular weight excluding hydrogens is 376 g/mol. The van der Waals surface area contributed by atoms with Crippen molar-refractivity contribution in [2.24, 2.45) is 0 Å². The largest absolute Gasteiger partial charge is 0.385 e. The van der Waals surface area contributed by atoms with Crippen LogP contribution < -0.4 is 0 Å². The molecule has 0 amide bonds. The van der Waals surface area contributed by atoms with Crippen LogP contribution in [0.4, 0.5) is 0 Å². The molecule has 0 bridgehead atoms. The Hall–Kier alpha value is 0.460. The van der Waals surface area contributed by atoms with Gasteiger partial charge in [-0.1, -0.05) is 6.92 Å². The smallest absolute Gasteiger partial charge is 0.229 e. The lowest BCUT2D eigenvalue weighted by atomic mass is 9.90. The highest BCUT2D eigenvalue weighted by atomic mass is 32.2. The van der Waals surface area contributed by atoms with Gasteiger partial charge in [0.05, 0.1) is 10.7 Å². The average molecular weight is 407 g/mol. The number of aliphatic hydroxyl groups is 1. The number of aliphatic hydroxyl groups excluding tert-OH is 1. The normalized spacial score (nSPS) is 44.3. The molecule has 4 heterocycles. The van der Waals surface area contributed by atoms with Crippen LogP contribution in [0, 0.1) is 0 Å². The Bertz CT molecular complexity index is 550. The summed E-state index contributed by atoms with van der Waals surface area (Å²) < 4.78 is 30.5. The molecule has 5 atom stereocenters. The summed E-state index contributed by atoms with van der Waals surface area (Å²) in [7, 11) is 0. The van der Waals surface area contributed by atoms with Crippen molar-refractivity contribution in [3.8, 4) is 0 Å². The van der Waals surface area contributed by atoms with Crippen LogP contribution in [0.15, 0.2) is 0 Å². The topological polar surface area (TPSA) is 66.4 Å². The van der Waals surface area contributed by atoms with Gasteiger partial charge in [0, 0.05) is 0 Å². The van der Waals surface area contributed by atoms with E-state index in [2.05, 4.69) is 6.92 Å². The van der Waals surface area contributed by atoms with Gasteiger partial charge < -0.3 is 28.8 Å². The first-order valence-electron chi connectivity index (χ1n) is 9.47. The minimum atomic E-state index is -1.25. The Morgan fingerprint density at radius 1 is 1.04 bits per heavy atom. The SMILES string of the molecule is CCC1([C@H](O)[C@@]23OC[C@H]4OC(C)(C)O[C@H]4[C@@H]2OC(C)(C)O3)SCCCS1. The molecule has 0 spiro atoms. The standard InChI is InChI=1S/C18H30O6S2/c1-6-17(25-8-7-9-26-17)14(19)18-13(23-16(4,5)24-18)12-11(10-20-18)21-15(2,3)22-12/h11-14,19H,6-10H2,1-5H3/t11-,12-,13+,14+,18-/m1/s1. The van der Waals surface area contributed by atoms with Crippen molar-refractivity contribution < 1.29 is 28.8 Å². The van der Waals surface area contributed by atoms with E-state index in [1.54, 1.807) is 23.5 Å². The first-order chi connectivity index (χ1) is 12.1. The van der Waals surface area contributed by atoms with Gasteiger partial charge in [-0.2, -0.15) is 0 Å². The number of rotatable bonds is 3. The summed E-state index contributed by atoms with van der Waals surface area (Å²) in [4.78, 5) is 0. The number of fused-ring (bicyclic) bond motifs is 3. The minimum Gasteiger partial charge on any atom is -0.385 e. The lowest BCUT2D eigenvalue weighted by molar-refractivity contribution is -0.319. The Kier molecular flexibility index (Phi) is 4.93. The van der Waals surface area contributed by atoms with E-state index in [0.29, 0.717) is 6.61 Å².